The van der Waals surface area contributed by atoms with Crippen LogP contribution in [0.25, 0.3) is 0 Å². The Labute approximate surface area is 95.0 Å². The number of unbranched alkanes of at least 4 members (excludes halogenated alkanes) is 1. The fourth-order valence-electron chi connectivity index (χ4n) is 1.13. The van der Waals surface area contributed by atoms with Crippen LogP contribution in [0, 0.1) is 0 Å². The Morgan fingerprint density at radius 3 is 2.81 bits per heavy atom. The van der Waals surface area contributed by atoms with Crippen LogP contribution in [0.1, 0.15) is 12.8 Å². The van der Waals surface area contributed by atoms with Crippen molar-refractivity contribution < 1.29 is 9.53 Å². The van der Waals surface area contributed by atoms with Crippen molar-refractivity contribution in [2.75, 3.05) is 25.0 Å². The Bertz CT molecular complexity index is 303. The number of hydrogen-bond donors (Lipinski definition) is 2. The lowest BCUT2D eigenvalue weighted by Crippen LogP contribution is -2.17. The molecule has 0 amide bonds. The van der Waals surface area contributed by atoms with Crippen LogP contribution in [-0.4, -0.2) is 30.6 Å². The van der Waals surface area contributed by atoms with Crippen LogP contribution in [0.5, 0.6) is 0 Å². The first-order chi connectivity index (χ1) is 7.83. The maximum atomic E-state index is 11.2. The molecule has 0 fully saturated rings. The Morgan fingerprint density at radius 2 is 2.12 bits per heavy atom. The van der Waals surface area contributed by atoms with Crippen molar-refractivity contribution in [2.45, 2.75) is 12.8 Å². The molecule has 1 aromatic heterocycles. The molecule has 5 nitrogen and oxygen atoms in total. The lowest BCUT2D eigenvalue weighted by atomic mass is 10.3. The number of aromatic nitrogens is 1. The molecule has 0 aliphatic rings. The van der Waals surface area contributed by atoms with E-state index < -0.39 is 0 Å². The van der Waals surface area contributed by atoms with Crippen LogP contribution in [0.15, 0.2) is 24.5 Å². The van der Waals surface area contributed by atoms with Gasteiger partial charge >= 0.3 is 5.97 Å². The predicted molar refractivity (Wildman–Crippen MR) is 62.0 cm³/mol. The van der Waals surface area contributed by atoms with E-state index >= 15 is 0 Å². The van der Waals surface area contributed by atoms with Gasteiger partial charge in [0.05, 0.1) is 6.61 Å². The predicted octanol–water partition coefficient (Wildman–Crippen LogP) is 0.776. The van der Waals surface area contributed by atoms with Crippen LogP contribution in [0.2, 0.25) is 0 Å². The minimum atomic E-state index is -0.256. The molecule has 0 radical (unpaired) electrons. The van der Waals surface area contributed by atoms with Gasteiger partial charge in [0.1, 0.15) is 6.54 Å². The average Bonchev–Trinajstić information content (AvgIpc) is 2.33. The van der Waals surface area contributed by atoms with Crippen molar-refractivity contribution in [1.29, 1.82) is 0 Å². The van der Waals surface area contributed by atoms with Crippen LogP contribution >= 0.6 is 0 Å². The summed E-state index contributed by atoms with van der Waals surface area (Å²) in [5.41, 5.74) is 6.18. The summed E-state index contributed by atoms with van der Waals surface area (Å²) < 4.78 is 4.99. The molecule has 0 atom stereocenters. The number of esters is 1. The van der Waals surface area contributed by atoms with Crippen molar-refractivity contribution >= 4 is 11.7 Å². The van der Waals surface area contributed by atoms with Crippen LogP contribution < -0.4 is 11.1 Å². The molecule has 0 aliphatic carbocycles. The summed E-state index contributed by atoms with van der Waals surface area (Å²) in [5, 5.41) is 2.95. The highest BCUT2D eigenvalue weighted by atomic mass is 16.5. The number of nitrogens with two attached hydrogens (primary N) is 1. The second-order valence-corrected chi connectivity index (χ2v) is 3.31. The highest BCUT2D eigenvalue weighted by molar-refractivity contribution is 5.74. The zero-order valence-electron chi connectivity index (χ0n) is 9.19. The third kappa shape index (κ3) is 5.31. The van der Waals surface area contributed by atoms with Crippen LogP contribution in [-0.2, 0) is 9.53 Å². The van der Waals surface area contributed by atoms with Crippen LogP contribution in [0.3, 0.4) is 0 Å². The van der Waals surface area contributed by atoms with Crippen molar-refractivity contribution in [3.63, 3.8) is 0 Å². The molecular formula is C11H17N3O2. The van der Waals surface area contributed by atoms with E-state index in [0.717, 1.165) is 18.5 Å². The van der Waals surface area contributed by atoms with Gasteiger partial charge in [-0.25, -0.2) is 0 Å². The van der Waals surface area contributed by atoms with Gasteiger partial charge in [-0.2, -0.15) is 0 Å². The summed E-state index contributed by atoms with van der Waals surface area (Å²) in [4.78, 5) is 15.1. The van der Waals surface area contributed by atoms with E-state index in [9.17, 15) is 4.79 Å². The fraction of sp³-hybridized carbons (Fsp3) is 0.455. The van der Waals surface area contributed by atoms with E-state index in [0.29, 0.717) is 13.2 Å². The lowest BCUT2D eigenvalue weighted by Gasteiger charge is -2.06. The number of nitrogens with zero attached hydrogens (tertiary/aromatic N) is 1. The summed E-state index contributed by atoms with van der Waals surface area (Å²) >= 11 is 0. The number of carbonyl (C=O) groups is 1. The average molecular weight is 223 g/mol. The second-order valence-electron chi connectivity index (χ2n) is 3.31. The van der Waals surface area contributed by atoms with Gasteiger partial charge in [-0.05, 0) is 31.5 Å². The molecule has 88 valence electrons. The fourth-order valence-corrected chi connectivity index (χ4v) is 1.13. The number of anilines is 1. The van der Waals surface area contributed by atoms with E-state index in [1.807, 2.05) is 0 Å². The van der Waals surface area contributed by atoms with Crippen molar-refractivity contribution in [3.8, 4) is 0 Å². The van der Waals surface area contributed by atoms with E-state index in [-0.39, 0.29) is 12.5 Å². The molecule has 1 heterocycles. The minimum Gasteiger partial charge on any atom is -0.464 e. The van der Waals surface area contributed by atoms with Crippen molar-refractivity contribution in [1.82, 2.24) is 4.98 Å². The molecular weight excluding hydrogens is 206 g/mol. The van der Waals surface area contributed by atoms with Gasteiger partial charge in [0.25, 0.3) is 0 Å². The Hall–Kier alpha value is -1.62. The van der Waals surface area contributed by atoms with Gasteiger partial charge in [0, 0.05) is 18.1 Å². The third-order valence-corrected chi connectivity index (χ3v) is 1.98. The lowest BCUT2D eigenvalue weighted by molar-refractivity contribution is -0.141. The Kier molecular flexibility index (Phi) is 5.95. The van der Waals surface area contributed by atoms with Gasteiger partial charge < -0.3 is 15.8 Å². The molecule has 5 heteroatoms. The Balaban J connectivity index is 2.11. The van der Waals surface area contributed by atoms with Gasteiger partial charge in [0.2, 0.25) is 0 Å². The molecule has 16 heavy (non-hydrogen) atoms. The van der Waals surface area contributed by atoms with Gasteiger partial charge in [-0.3, -0.25) is 9.78 Å². The topological polar surface area (TPSA) is 77.2 Å². The number of rotatable bonds is 7. The first-order valence-electron chi connectivity index (χ1n) is 5.32. The number of pyridine rings is 1. The molecule has 0 aromatic carbocycles. The quantitative estimate of drug-likeness (QED) is 0.527. The molecule has 0 saturated heterocycles. The number of carbonyl (C=O) groups excluding carboxylic acids is 1. The van der Waals surface area contributed by atoms with Gasteiger partial charge in [-0.1, -0.05) is 0 Å². The molecule has 1 rings (SSSR count). The largest absolute Gasteiger partial charge is 0.464 e. The minimum absolute atomic E-state index is 0.173. The second kappa shape index (κ2) is 7.64. The smallest absolute Gasteiger partial charge is 0.325 e. The van der Waals surface area contributed by atoms with E-state index in [1.54, 1.807) is 24.5 Å². The summed E-state index contributed by atoms with van der Waals surface area (Å²) in [7, 11) is 0. The first-order valence-corrected chi connectivity index (χ1v) is 5.32. The monoisotopic (exact) mass is 223 g/mol. The Morgan fingerprint density at radius 1 is 1.38 bits per heavy atom. The highest BCUT2D eigenvalue weighted by Gasteiger charge is 2.01. The van der Waals surface area contributed by atoms with Crippen LogP contribution in [0.4, 0.5) is 5.69 Å². The first kappa shape index (κ1) is 12.4. The highest BCUT2D eigenvalue weighted by Crippen LogP contribution is 2.02. The number of nitrogens with one attached hydrogen (secondary N) is 1. The molecule has 0 unspecified atom stereocenters. The zero-order valence-corrected chi connectivity index (χ0v) is 9.19. The van der Waals surface area contributed by atoms with E-state index in [4.69, 9.17) is 10.5 Å². The molecule has 0 aliphatic heterocycles. The molecule has 0 saturated carbocycles. The van der Waals surface area contributed by atoms with Gasteiger partial charge in [-0.15, -0.1) is 0 Å². The molecule has 3 N–H and O–H groups in total. The normalized spacial score (nSPS) is 9.81. The van der Waals surface area contributed by atoms with Crippen molar-refractivity contribution in [2.24, 2.45) is 5.73 Å². The third-order valence-electron chi connectivity index (χ3n) is 1.98. The summed E-state index contributed by atoms with van der Waals surface area (Å²) in [6.45, 7) is 1.24. The van der Waals surface area contributed by atoms with E-state index in [2.05, 4.69) is 10.3 Å². The standard InChI is InChI=1S/C11H17N3O2/c12-5-1-2-8-16-11(15)9-14-10-3-6-13-7-4-10/h3-4,6-7H,1-2,5,8-9,12H2,(H,13,14). The molecule has 0 spiro atoms. The maximum Gasteiger partial charge on any atom is 0.325 e. The molecule has 0 bridgehead atoms. The molecule has 1 aromatic rings. The zero-order chi connectivity index (χ0) is 11.6. The number of ether oxygens (including phenoxy) is 1. The van der Waals surface area contributed by atoms with Gasteiger partial charge in [0.15, 0.2) is 0 Å². The maximum absolute atomic E-state index is 11.2. The van der Waals surface area contributed by atoms with E-state index in [1.165, 1.54) is 0 Å². The summed E-state index contributed by atoms with van der Waals surface area (Å²) in [5.74, 6) is -0.256. The SMILES string of the molecule is NCCCCOC(=O)CNc1ccncc1. The summed E-state index contributed by atoms with van der Waals surface area (Å²) in [6.07, 6.45) is 5.02. The number of hydrogen-bond acceptors (Lipinski definition) is 5. The van der Waals surface area contributed by atoms with Crippen molar-refractivity contribution in [3.05, 3.63) is 24.5 Å². The summed E-state index contributed by atoms with van der Waals surface area (Å²) in [6, 6.07) is 3.59.